The molecule has 0 saturated carbocycles. The summed E-state index contributed by atoms with van der Waals surface area (Å²) in [6.45, 7) is 19.7. The summed E-state index contributed by atoms with van der Waals surface area (Å²) in [7, 11) is -0.383. The second-order valence-electron chi connectivity index (χ2n) is 9.73. The molecule has 1 fully saturated rings. The van der Waals surface area contributed by atoms with Crippen LogP contribution in [0.1, 0.15) is 67.9 Å². The molecule has 0 amide bonds. The molecule has 1 aliphatic heterocycles. The molecule has 150 valence electrons. The summed E-state index contributed by atoms with van der Waals surface area (Å²) in [5.74, 6) is -0.213. The summed E-state index contributed by atoms with van der Waals surface area (Å²) in [5, 5.41) is 0. The maximum atomic E-state index is 12.5. The zero-order valence-corrected chi connectivity index (χ0v) is 19.2. The van der Waals surface area contributed by atoms with Crippen molar-refractivity contribution in [2.75, 3.05) is 0 Å². The third-order valence-electron chi connectivity index (χ3n) is 4.98. The quantitative estimate of drug-likeness (QED) is 0.429. The number of esters is 1. The van der Waals surface area contributed by atoms with Gasteiger partial charge < -0.3 is 14.0 Å². The zero-order valence-electron chi connectivity index (χ0n) is 18.4. The standard InChI is InChI=1S/C21H33BO4S/c1-14-13-15(22-25-20(7,8)21(9,10)26-22)11-12-16(14)27-19(5,6)17(23)24-18(2,3)4/h11-13H,1-10H3. The molecule has 1 aromatic rings. The molecule has 0 radical (unpaired) electrons. The molecular weight excluding hydrogens is 359 g/mol. The average Bonchev–Trinajstić information content (AvgIpc) is 2.67. The molecule has 1 aliphatic rings. The van der Waals surface area contributed by atoms with E-state index in [1.807, 2.05) is 81.4 Å². The highest BCUT2D eigenvalue weighted by atomic mass is 32.2. The van der Waals surface area contributed by atoms with Gasteiger partial charge in [0, 0.05) is 4.90 Å². The molecule has 0 aromatic heterocycles. The van der Waals surface area contributed by atoms with Gasteiger partial charge in [-0.25, -0.2) is 0 Å². The lowest BCUT2D eigenvalue weighted by Gasteiger charge is -2.32. The van der Waals surface area contributed by atoms with Crippen LogP contribution >= 0.6 is 11.8 Å². The van der Waals surface area contributed by atoms with E-state index < -0.39 is 10.3 Å². The van der Waals surface area contributed by atoms with Crippen LogP contribution in [-0.2, 0) is 18.8 Å². The smallest absolute Gasteiger partial charge is 0.459 e. The van der Waals surface area contributed by atoms with Crippen LogP contribution in [0.25, 0.3) is 0 Å². The lowest BCUT2D eigenvalue weighted by Crippen LogP contribution is -2.41. The number of carbonyl (C=O) groups excluding carboxylic acids is 1. The van der Waals surface area contributed by atoms with Gasteiger partial charge in [-0.3, -0.25) is 4.79 Å². The van der Waals surface area contributed by atoms with Crippen LogP contribution in [-0.4, -0.2) is 34.6 Å². The van der Waals surface area contributed by atoms with E-state index in [9.17, 15) is 4.79 Å². The summed E-state index contributed by atoms with van der Waals surface area (Å²) < 4.78 is 17.2. The first kappa shape index (κ1) is 22.3. The summed E-state index contributed by atoms with van der Waals surface area (Å²) in [5.41, 5.74) is 0.856. The van der Waals surface area contributed by atoms with E-state index in [0.29, 0.717) is 0 Å². The van der Waals surface area contributed by atoms with Gasteiger partial charge in [0.2, 0.25) is 0 Å². The molecule has 6 heteroatoms. The fourth-order valence-electron chi connectivity index (χ4n) is 2.63. The normalized spacial score (nSPS) is 19.3. The van der Waals surface area contributed by atoms with E-state index in [0.717, 1.165) is 15.9 Å². The Hall–Kier alpha value is -0.975. The highest BCUT2D eigenvalue weighted by Gasteiger charge is 2.51. The van der Waals surface area contributed by atoms with Gasteiger partial charge in [-0.1, -0.05) is 12.1 Å². The Labute approximate surface area is 168 Å². The molecule has 0 N–H and O–H groups in total. The van der Waals surface area contributed by atoms with Gasteiger partial charge in [-0.15, -0.1) is 11.8 Å². The molecule has 1 saturated heterocycles. The number of rotatable bonds is 4. The predicted molar refractivity (Wildman–Crippen MR) is 113 cm³/mol. The fraction of sp³-hybridized carbons (Fsp3) is 0.667. The summed E-state index contributed by atoms with van der Waals surface area (Å²) >= 11 is 1.52. The summed E-state index contributed by atoms with van der Waals surface area (Å²) in [4.78, 5) is 13.6. The monoisotopic (exact) mass is 392 g/mol. The highest BCUT2D eigenvalue weighted by Crippen LogP contribution is 2.38. The Balaban J connectivity index is 2.17. The Morgan fingerprint density at radius 2 is 1.56 bits per heavy atom. The van der Waals surface area contributed by atoms with Gasteiger partial charge in [-0.05, 0) is 86.3 Å². The molecule has 1 aromatic carbocycles. The van der Waals surface area contributed by atoms with Crippen LogP contribution in [0.2, 0.25) is 0 Å². The number of hydrogen-bond donors (Lipinski definition) is 0. The van der Waals surface area contributed by atoms with E-state index in [4.69, 9.17) is 14.0 Å². The molecule has 27 heavy (non-hydrogen) atoms. The van der Waals surface area contributed by atoms with Crippen LogP contribution in [0.4, 0.5) is 0 Å². The molecule has 2 rings (SSSR count). The first-order valence-electron chi connectivity index (χ1n) is 9.43. The van der Waals surface area contributed by atoms with Gasteiger partial charge in [-0.2, -0.15) is 0 Å². The minimum Gasteiger partial charge on any atom is -0.459 e. The van der Waals surface area contributed by atoms with Gasteiger partial charge in [0.15, 0.2) is 0 Å². The third-order valence-corrected chi connectivity index (χ3v) is 6.33. The Bertz CT molecular complexity index is 703. The first-order chi connectivity index (χ1) is 12.0. The molecular formula is C21H33BO4S. The molecule has 1 heterocycles. The number of hydrogen-bond acceptors (Lipinski definition) is 5. The maximum absolute atomic E-state index is 12.5. The van der Waals surface area contributed by atoms with Crippen LogP contribution in [0, 0.1) is 6.92 Å². The molecule has 0 aliphatic carbocycles. The number of thioether (sulfide) groups is 1. The summed E-state index contributed by atoms with van der Waals surface area (Å²) in [6, 6.07) is 6.13. The van der Waals surface area contributed by atoms with Crippen molar-refractivity contribution in [1.82, 2.24) is 0 Å². The molecule has 0 unspecified atom stereocenters. The van der Waals surface area contributed by atoms with Crippen molar-refractivity contribution >= 4 is 30.3 Å². The van der Waals surface area contributed by atoms with Crippen molar-refractivity contribution in [3.8, 4) is 0 Å². The van der Waals surface area contributed by atoms with Crippen molar-refractivity contribution < 1.29 is 18.8 Å². The van der Waals surface area contributed by atoms with Crippen LogP contribution in [0.15, 0.2) is 23.1 Å². The molecule has 0 bridgehead atoms. The second-order valence-corrected chi connectivity index (χ2v) is 11.4. The van der Waals surface area contributed by atoms with Crippen molar-refractivity contribution in [3.63, 3.8) is 0 Å². The van der Waals surface area contributed by atoms with E-state index in [1.165, 1.54) is 11.8 Å². The van der Waals surface area contributed by atoms with E-state index in [2.05, 4.69) is 6.07 Å². The van der Waals surface area contributed by atoms with Gasteiger partial charge >= 0.3 is 13.1 Å². The lowest BCUT2D eigenvalue weighted by molar-refractivity contribution is -0.156. The van der Waals surface area contributed by atoms with Gasteiger partial charge in [0.1, 0.15) is 10.3 Å². The zero-order chi connectivity index (χ0) is 20.8. The highest BCUT2D eigenvalue weighted by molar-refractivity contribution is 8.01. The maximum Gasteiger partial charge on any atom is 0.494 e. The van der Waals surface area contributed by atoms with E-state index >= 15 is 0 Å². The second kappa shape index (κ2) is 7.13. The number of ether oxygens (including phenoxy) is 1. The minimum atomic E-state index is -0.677. The largest absolute Gasteiger partial charge is 0.494 e. The van der Waals surface area contributed by atoms with E-state index in [-0.39, 0.29) is 24.3 Å². The molecule has 4 nitrogen and oxygen atoms in total. The average molecular weight is 392 g/mol. The summed E-state index contributed by atoms with van der Waals surface area (Å²) in [6.07, 6.45) is 0. The van der Waals surface area contributed by atoms with Crippen molar-refractivity contribution in [2.45, 2.75) is 95.7 Å². The van der Waals surface area contributed by atoms with Crippen molar-refractivity contribution in [2.24, 2.45) is 0 Å². The Morgan fingerprint density at radius 1 is 1.04 bits per heavy atom. The van der Waals surface area contributed by atoms with Gasteiger partial charge in [0.05, 0.1) is 11.2 Å². The van der Waals surface area contributed by atoms with Gasteiger partial charge in [0.25, 0.3) is 0 Å². The van der Waals surface area contributed by atoms with Crippen molar-refractivity contribution in [3.05, 3.63) is 23.8 Å². The number of benzene rings is 1. The fourth-order valence-corrected chi connectivity index (χ4v) is 3.66. The molecule has 0 atom stereocenters. The minimum absolute atomic E-state index is 0.213. The Morgan fingerprint density at radius 3 is 2.00 bits per heavy atom. The van der Waals surface area contributed by atoms with E-state index in [1.54, 1.807) is 0 Å². The first-order valence-corrected chi connectivity index (χ1v) is 10.2. The topological polar surface area (TPSA) is 44.8 Å². The predicted octanol–water partition coefficient (Wildman–Crippen LogP) is 4.51. The third kappa shape index (κ3) is 5.10. The van der Waals surface area contributed by atoms with Crippen molar-refractivity contribution in [1.29, 1.82) is 0 Å². The SMILES string of the molecule is Cc1cc(B2OC(C)(C)C(C)(C)O2)ccc1SC(C)(C)C(=O)OC(C)(C)C. The van der Waals surface area contributed by atoms with Crippen LogP contribution in [0.3, 0.4) is 0 Å². The molecule has 0 spiro atoms. The van der Waals surface area contributed by atoms with Crippen LogP contribution in [0.5, 0.6) is 0 Å². The Kier molecular flexibility index (Phi) is 5.89. The van der Waals surface area contributed by atoms with Crippen LogP contribution < -0.4 is 5.46 Å². The lowest BCUT2D eigenvalue weighted by atomic mass is 9.78. The number of carbonyl (C=O) groups is 1. The number of aryl methyl sites for hydroxylation is 1.